The van der Waals surface area contributed by atoms with E-state index in [0.717, 1.165) is 12.2 Å². The molecule has 1 heterocycles. The van der Waals surface area contributed by atoms with E-state index >= 15 is 0 Å². The van der Waals surface area contributed by atoms with Gasteiger partial charge in [0.25, 0.3) is 0 Å². The zero-order valence-electron chi connectivity index (χ0n) is 9.56. The molecule has 0 spiro atoms. The van der Waals surface area contributed by atoms with Gasteiger partial charge in [0.2, 0.25) is 0 Å². The normalized spacial score (nSPS) is 15.2. The summed E-state index contributed by atoms with van der Waals surface area (Å²) in [6.07, 6.45) is 5.67. The fourth-order valence-corrected chi connectivity index (χ4v) is 1.43. The minimum Gasteiger partial charge on any atom is -0.395 e. The van der Waals surface area contributed by atoms with Crippen molar-refractivity contribution in [2.75, 3.05) is 6.61 Å². The Bertz CT molecular complexity index is 259. The Labute approximate surface area is 91.1 Å². The number of nitrogens with two attached hydrogens (primary N) is 1. The van der Waals surface area contributed by atoms with Crippen molar-refractivity contribution >= 4 is 0 Å². The molecule has 0 amide bonds. The maximum absolute atomic E-state index is 8.83. The molecular weight excluding hydrogens is 190 g/mol. The molecule has 0 aliphatic carbocycles. The number of aliphatic hydroxyl groups is 1. The Morgan fingerprint density at radius 2 is 2.33 bits per heavy atom. The standard InChI is InChI=1S/C11H21N3O/c1-3-9(2)5-14-6-11(13-8-14)4-10(12)7-15/h6,8-10,15H,3-5,7,12H2,1-2H3/t9?,10-/m1/s1. The molecule has 0 radical (unpaired) electrons. The van der Waals surface area contributed by atoms with Crippen LogP contribution >= 0.6 is 0 Å². The Balaban J connectivity index is 2.49. The van der Waals surface area contributed by atoms with Crippen LogP contribution in [-0.4, -0.2) is 27.3 Å². The third-order valence-corrected chi connectivity index (χ3v) is 2.61. The van der Waals surface area contributed by atoms with Crippen molar-refractivity contribution < 1.29 is 5.11 Å². The highest BCUT2D eigenvalue weighted by atomic mass is 16.3. The highest BCUT2D eigenvalue weighted by molar-refractivity contribution is 4.99. The largest absolute Gasteiger partial charge is 0.395 e. The zero-order chi connectivity index (χ0) is 11.3. The van der Waals surface area contributed by atoms with E-state index in [1.807, 2.05) is 12.5 Å². The van der Waals surface area contributed by atoms with Crippen LogP contribution in [0.25, 0.3) is 0 Å². The maximum Gasteiger partial charge on any atom is 0.0949 e. The molecule has 1 aromatic rings. The van der Waals surface area contributed by atoms with Crippen LogP contribution < -0.4 is 5.73 Å². The van der Waals surface area contributed by atoms with E-state index in [0.29, 0.717) is 12.3 Å². The van der Waals surface area contributed by atoms with E-state index < -0.39 is 0 Å². The van der Waals surface area contributed by atoms with Gasteiger partial charge in [-0.05, 0) is 5.92 Å². The van der Waals surface area contributed by atoms with Crippen LogP contribution in [0.1, 0.15) is 26.0 Å². The summed E-state index contributed by atoms with van der Waals surface area (Å²) in [6, 6.07) is -0.197. The summed E-state index contributed by atoms with van der Waals surface area (Å²) in [7, 11) is 0. The van der Waals surface area contributed by atoms with Gasteiger partial charge in [0.15, 0.2) is 0 Å². The van der Waals surface area contributed by atoms with Crippen molar-refractivity contribution in [3.8, 4) is 0 Å². The van der Waals surface area contributed by atoms with Crippen LogP contribution in [-0.2, 0) is 13.0 Å². The molecule has 86 valence electrons. The van der Waals surface area contributed by atoms with Gasteiger partial charge in [0, 0.05) is 25.2 Å². The van der Waals surface area contributed by atoms with Crippen LogP contribution in [0.4, 0.5) is 0 Å². The molecule has 0 fully saturated rings. The molecule has 0 saturated heterocycles. The average Bonchev–Trinajstić information content (AvgIpc) is 2.65. The second-order valence-corrected chi connectivity index (χ2v) is 4.22. The molecule has 1 unspecified atom stereocenters. The summed E-state index contributed by atoms with van der Waals surface area (Å²) in [5, 5.41) is 8.83. The van der Waals surface area contributed by atoms with Crippen LogP contribution in [0.5, 0.6) is 0 Å². The average molecular weight is 211 g/mol. The van der Waals surface area contributed by atoms with Crippen molar-refractivity contribution in [2.24, 2.45) is 11.7 Å². The van der Waals surface area contributed by atoms with Crippen LogP contribution in [0.2, 0.25) is 0 Å². The number of rotatable bonds is 6. The second kappa shape index (κ2) is 5.88. The summed E-state index contributed by atoms with van der Waals surface area (Å²) in [5.74, 6) is 0.665. The van der Waals surface area contributed by atoms with Crippen molar-refractivity contribution in [2.45, 2.75) is 39.3 Å². The van der Waals surface area contributed by atoms with Gasteiger partial charge in [0.05, 0.1) is 18.6 Å². The smallest absolute Gasteiger partial charge is 0.0949 e. The lowest BCUT2D eigenvalue weighted by Gasteiger charge is -2.08. The SMILES string of the molecule is CCC(C)Cn1cnc(C[C@@H](N)CO)c1. The van der Waals surface area contributed by atoms with Gasteiger partial charge < -0.3 is 15.4 Å². The highest BCUT2D eigenvalue weighted by Gasteiger charge is 2.06. The fraction of sp³-hybridized carbons (Fsp3) is 0.727. The molecule has 1 aromatic heterocycles. The van der Waals surface area contributed by atoms with Gasteiger partial charge in [-0.3, -0.25) is 0 Å². The molecule has 0 aliphatic heterocycles. The number of nitrogens with zero attached hydrogens (tertiary/aromatic N) is 2. The third-order valence-electron chi connectivity index (χ3n) is 2.61. The minimum absolute atomic E-state index is 0.0121. The fourth-order valence-electron chi connectivity index (χ4n) is 1.43. The van der Waals surface area contributed by atoms with E-state index in [4.69, 9.17) is 10.8 Å². The lowest BCUT2D eigenvalue weighted by molar-refractivity contribution is 0.264. The first kappa shape index (κ1) is 12.2. The number of hydrogen-bond acceptors (Lipinski definition) is 3. The molecule has 4 heteroatoms. The van der Waals surface area contributed by atoms with E-state index in [-0.39, 0.29) is 12.6 Å². The molecule has 3 N–H and O–H groups in total. The van der Waals surface area contributed by atoms with Crippen LogP contribution in [0, 0.1) is 5.92 Å². The Morgan fingerprint density at radius 1 is 1.60 bits per heavy atom. The minimum atomic E-state index is -0.197. The van der Waals surface area contributed by atoms with Gasteiger partial charge in [-0.1, -0.05) is 20.3 Å². The van der Waals surface area contributed by atoms with E-state index in [2.05, 4.69) is 23.4 Å². The van der Waals surface area contributed by atoms with Crippen molar-refractivity contribution in [1.29, 1.82) is 0 Å². The first-order valence-corrected chi connectivity index (χ1v) is 5.52. The predicted octanol–water partition coefficient (Wildman–Crippen LogP) is 0.791. The first-order valence-electron chi connectivity index (χ1n) is 5.52. The molecular formula is C11H21N3O. The van der Waals surface area contributed by atoms with Crippen molar-refractivity contribution in [3.63, 3.8) is 0 Å². The predicted molar refractivity (Wildman–Crippen MR) is 60.4 cm³/mol. The molecule has 0 saturated carbocycles. The number of aromatic nitrogens is 2. The quantitative estimate of drug-likeness (QED) is 0.731. The van der Waals surface area contributed by atoms with E-state index in [1.165, 1.54) is 6.42 Å². The van der Waals surface area contributed by atoms with Crippen LogP contribution in [0.3, 0.4) is 0 Å². The summed E-state index contributed by atoms with van der Waals surface area (Å²) in [4.78, 5) is 4.26. The van der Waals surface area contributed by atoms with Gasteiger partial charge in [-0.2, -0.15) is 0 Å². The van der Waals surface area contributed by atoms with Crippen molar-refractivity contribution in [3.05, 3.63) is 18.2 Å². The molecule has 0 aliphatic rings. The Kier molecular flexibility index (Phi) is 4.78. The maximum atomic E-state index is 8.83. The molecule has 2 atom stereocenters. The summed E-state index contributed by atoms with van der Waals surface area (Å²) in [6.45, 7) is 5.42. The molecule has 1 rings (SSSR count). The summed E-state index contributed by atoms with van der Waals surface area (Å²) >= 11 is 0. The highest BCUT2D eigenvalue weighted by Crippen LogP contribution is 2.06. The number of imidazole rings is 1. The van der Waals surface area contributed by atoms with Crippen LogP contribution in [0.15, 0.2) is 12.5 Å². The first-order chi connectivity index (χ1) is 7.15. The second-order valence-electron chi connectivity index (χ2n) is 4.22. The molecule has 4 nitrogen and oxygen atoms in total. The van der Waals surface area contributed by atoms with E-state index in [1.54, 1.807) is 0 Å². The topological polar surface area (TPSA) is 64.1 Å². The van der Waals surface area contributed by atoms with Gasteiger partial charge in [-0.15, -0.1) is 0 Å². The van der Waals surface area contributed by atoms with Gasteiger partial charge >= 0.3 is 0 Å². The lowest BCUT2D eigenvalue weighted by Crippen LogP contribution is -2.26. The Hall–Kier alpha value is -0.870. The summed E-state index contributed by atoms with van der Waals surface area (Å²) < 4.78 is 2.09. The number of aliphatic hydroxyl groups excluding tert-OH is 1. The third kappa shape index (κ3) is 4.01. The Morgan fingerprint density at radius 3 is 2.93 bits per heavy atom. The molecule has 15 heavy (non-hydrogen) atoms. The van der Waals surface area contributed by atoms with Crippen molar-refractivity contribution in [1.82, 2.24) is 9.55 Å². The number of hydrogen-bond donors (Lipinski definition) is 2. The van der Waals surface area contributed by atoms with E-state index in [9.17, 15) is 0 Å². The monoisotopic (exact) mass is 211 g/mol. The lowest BCUT2D eigenvalue weighted by atomic mass is 10.1. The zero-order valence-corrected chi connectivity index (χ0v) is 9.56. The van der Waals surface area contributed by atoms with Gasteiger partial charge in [0.1, 0.15) is 0 Å². The summed E-state index contributed by atoms with van der Waals surface area (Å²) in [5.41, 5.74) is 6.60. The molecule has 0 aromatic carbocycles. The molecule has 0 bridgehead atoms. The van der Waals surface area contributed by atoms with Gasteiger partial charge in [-0.25, -0.2) is 4.98 Å².